The standard InChI is InChI=1S/C25H17BrClFN2O5/c1-34-21-12-15(11-18(26)22(21)35-13-14-6-8-16(27)9-7-14)10-17-23(31)29-25(33)30(24(17)32)20-5-3-2-4-19(20)28/h2-12H,13H2,1H3,(H,29,31,33)/b17-10-. The van der Waals surface area contributed by atoms with Gasteiger partial charge in [0.2, 0.25) is 0 Å². The average molecular weight is 560 g/mol. The van der Waals surface area contributed by atoms with Gasteiger partial charge in [-0.05, 0) is 69.5 Å². The van der Waals surface area contributed by atoms with Gasteiger partial charge in [0.05, 0.1) is 17.3 Å². The van der Waals surface area contributed by atoms with E-state index in [1.54, 1.807) is 24.3 Å². The lowest BCUT2D eigenvalue weighted by molar-refractivity contribution is -0.122. The van der Waals surface area contributed by atoms with Gasteiger partial charge >= 0.3 is 6.03 Å². The number of barbiturate groups is 1. The van der Waals surface area contributed by atoms with Crippen LogP contribution in [0.2, 0.25) is 5.02 Å². The molecule has 35 heavy (non-hydrogen) atoms. The predicted octanol–water partition coefficient (Wildman–Crippen LogP) is 5.50. The Morgan fingerprint density at radius 3 is 2.49 bits per heavy atom. The number of nitrogens with one attached hydrogen (secondary N) is 1. The number of methoxy groups -OCH3 is 1. The number of carbonyl (C=O) groups is 3. The number of hydrogen-bond donors (Lipinski definition) is 1. The lowest BCUT2D eigenvalue weighted by Crippen LogP contribution is -2.54. The molecule has 0 spiro atoms. The van der Waals surface area contributed by atoms with E-state index in [0.29, 0.717) is 31.5 Å². The Hall–Kier alpha value is -3.69. The number of rotatable bonds is 6. The SMILES string of the molecule is COc1cc(/C=C2/C(=O)NC(=O)N(c3ccccc3F)C2=O)cc(Br)c1OCc1ccc(Cl)cc1. The molecule has 1 aliphatic rings. The predicted molar refractivity (Wildman–Crippen MR) is 132 cm³/mol. The zero-order valence-corrected chi connectivity index (χ0v) is 20.5. The first-order chi connectivity index (χ1) is 16.8. The van der Waals surface area contributed by atoms with Crippen molar-refractivity contribution in [2.45, 2.75) is 6.61 Å². The molecule has 4 amide bonds. The molecule has 0 aromatic heterocycles. The molecule has 1 saturated heterocycles. The first-order valence-electron chi connectivity index (χ1n) is 10.2. The molecule has 0 atom stereocenters. The van der Waals surface area contributed by atoms with Crippen molar-refractivity contribution in [3.05, 3.63) is 92.7 Å². The van der Waals surface area contributed by atoms with Crippen LogP contribution in [0.25, 0.3) is 6.08 Å². The van der Waals surface area contributed by atoms with Crippen LogP contribution in [0, 0.1) is 5.82 Å². The van der Waals surface area contributed by atoms with E-state index in [0.717, 1.165) is 11.6 Å². The van der Waals surface area contributed by atoms with Gasteiger partial charge in [-0.25, -0.2) is 14.1 Å². The number of nitrogens with zero attached hydrogens (tertiary/aromatic N) is 1. The third-order valence-electron chi connectivity index (χ3n) is 5.05. The molecule has 0 unspecified atom stereocenters. The van der Waals surface area contributed by atoms with E-state index in [1.165, 1.54) is 31.4 Å². The van der Waals surface area contributed by atoms with Crippen LogP contribution in [0.15, 0.2) is 70.7 Å². The van der Waals surface area contributed by atoms with Crippen LogP contribution in [0.3, 0.4) is 0 Å². The third-order valence-corrected chi connectivity index (χ3v) is 5.90. The highest BCUT2D eigenvalue weighted by molar-refractivity contribution is 9.10. The van der Waals surface area contributed by atoms with Crippen LogP contribution < -0.4 is 19.7 Å². The molecule has 1 N–H and O–H groups in total. The molecular formula is C25H17BrClFN2O5. The zero-order valence-electron chi connectivity index (χ0n) is 18.2. The summed E-state index contributed by atoms with van der Waals surface area (Å²) in [6.07, 6.45) is 1.29. The maximum atomic E-state index is 14.3. The van der Waals surface area contributed by atoms with Gasteiger partial charge in [-0.2, -0.15) is 0 Å². The fourth-order valence-electron chi connectivity index (χ4n) is 3.38. The maximum Gasteiger partial charge on any atom is 0.336 e. The summed E-state index contributed by atoms with van der Waals surface area (Å²) in [5, 5.41) is 2.68. The quantitative estimate of drug-likeness (QED) is 0.319. The number of para-hydroxylation sites is 1. The number of urea groups is 1. The first-order valence-corrected chi connectivity index (χ1v) is 11.4. The minimum absolute atomic E-state index is 0.243. The molecule has 1 heterocycles. The van der Waals surface area contributed by atoms with Crippen LogP contribution >= 0.6 is 27.5 Å². The maximum absolute atomic E-state index is 14.3. The summed E-state index contributed by atoms with van der Waals surface area (Å²) in [4.78, 5) is 38.4. The van der Waals surface area contributed by atoms with E-state index in [4.69, 9.17) is 21.1 Å². The van der Waals surface area contributed by atoms with Crippen LogP contribution in [0.4, 0.5) is 14.9 Å². The number of halogens is 3. The Balaban J connectivity index is 1.64. The van der Waals surface area contributed by atoms with E-state index in [2.05, 4.69) is 21.2 Å². The fraction of sp³-hybridized carbons (Fsp3) is 0.0800. The van der Waals surface area contributed by atoms with Crippen molar-refractivity contribution >= 4 is 57.1 Å². The summed E-state index contributed by atoms with van der Waals surface area (Å²) in [6.45, 7) is 0.243. The summed E-state index contributed by atoms with van der Waals surface area (Å²) in [5.74, 6) is -1.89. The molecule has 1 fully saturated rings. The number of benzene rings is 3. The number of hydrogen-bond acceptors (Lipinski definition) is 5. The monoisotopic (exact) mass is 558 g/mol. The van der Waals surface area contributed by atoms with E-state index in [-0.39, 0.29) is 17.9 Å². The summed E-state index contributed by atoms with van der Waals surface area (Å²) in [7, 11) is 1.45. The smallest absolute Gasteiger partial charge is 0.336 e. The second-order valence-corrected chi connectivity index (χ2v) is 8.65. The minimum atomic E-state index is -1.04. The van der Waals surface area contributed by atoms with Crippen molar-refractivity contribution in [3.63, 3.8) is 0 Å². The van der Waals surface area contributed by atoms with Gasteiger partial charge in [-0.1, -0.05) is 35.9 Å². The summed E-state index contributed by atoms with van der Waals surface area (Å²) < 4.78 is 26.1. The Bertz CT molecular complexity index is 1360. The molecule has 0 saturated carbocycles. The molecule has 178 valence electrons. The van der Waals surface area contributed by atoms with E-state index < -0.39 is 23.7 Å². The van der Waals surface area contributed by atoms with Crippen molar-refractivity contribution < 1.29 is 28.2 Å². The topological polar surface area (TPSA) is 84.9 Å². The zero-order chi connectivity index (χ0) is 25.1. The first kappa shape index (κ1) is 24.4. The Morgan fingerprint density at radius 2 is 1.80 bits per heavy atom. The van der Waals surface area contributed by atoms with Crippen LogP contribution in [0.1, 0.15) is 11.1 Å². The van der Waals surface area contributed by atoms with Gasteiger partial charge in [-0.15, -0.1) is 0 Å². The Morgan fingerprint density at radius 1 is 1.09 bits per heavy atom. The molecule has 7 nitrogen and oxygen atoms in total. The largest absolute Gasteiger partial charge is 0.493 e. The summed E-state index contributed by atoms with van der Waals surface area (Å²) >= 11 is 9.34. The lowest BCUT2D eigenvalue weighted by atomic mass is 10.1. The summed E-state index contributed by atoms with van der Waals surface area (Å²) in [5.41, 5.74) is 0.681. The number of anilines is 1. The van der Waals surface area contributed by atoms with Crippen LogP contribution in [-0.2, 0) is 16.2 Å². The second kappa shape index (κ2) is 10.3. The molecule has 0 radical (unpaired) electrons. The molecule has 0 aliphatic carbocycles. The van der Waals surface area contributed by atoms with Crippen molar-refractivity contribution in [1.82, 2.24) is 5.32 Å². The minimum Gasteiger partial charge on any atom is -0.493 e. The normalized spacial score (nSPS) is 14.8. The highest BCUT2D eigenvalue weighted by Crippen LogP contribution is 2.38. The van der Waals surface area contributed by atoms with Crippen LogP contribution in [0.5, 0.6) is 11.5 Å². The number of ether oxygens (including phenoxy) is 2. The van der Waals surface area contributed by atoms with Crippen molar-refractivity contribution in [2.24, 2.45) is 0 Å². The van der Waals surface area contributed by atoms with Gasteiger partial charge in [0.1, 0.15) is 18.0 Å². The van der Waals surface area contributed by atoms with Crippen molar-refractivity contribution in [2.75, 3.05) is 12.0 Å². The van der Waals surface area contributed by atoms with E-state index in [1.807, 2.05) is 12.1 Å². The molecule has 0 bridgehead atoms. The number of carbonyl (C=O) groups excluding carboxylic acids is 3. The summed E-state index contributed by atoms with van der Waals surface area (Å²) in [6, 6.07) is 14.6. The van der Waals surface area contributed by atoms with Crippen molar-refractivity contribution in [3.8, 4) is 11.5 Å². The van der Waals surface area contributed by atoms with Gasteiger partial charge < -0.3 is 9.47 Å². The average Bonchev–Trinajstić information content (AvgIpc) is 2.83. The lowest BCUT2D eigenvalue weighted by Gasteiger charge is -2.26. The number of imide groups is 2. The Kier molecular flexibility index (Phi) is 7.18. The van der Waals surface area contributed by atoms with Gasteiger partial charge in [0.15, 0.2) is 11.5 Å². The Labute approximate surface area is 213 Å². The number of amides is 4. The fourth-order valence-corrected chi connectivity index (χ4v) is 4.08. The van der Waals surface area contributed by atoms with E-state index >= 15 is 0 Å². The third kappa shape index (κ3) is 5.21. The van der Waals surface area contributed by atoms with Crippen LogP contribution in [-0.4, -0.2) is 25.0 Å². The highest BCUT2D eigenvalue weighted by atomic mass is 79.9. The van der Waals surface area contributed by atoms with Gasteiger partial charge in [-0.3, -0.25) is 14.9 Å². The molecule has 4 rings (SSSR count). The van der Waals surface area contributed by atoms with Gasteiger partial charge in [0.25, 0.3) is 11.8 Å². The van der Waals surface area contributed by atoms with Crippen molar-refractivity contribution in [1.29, 1.82) is 0 Å². The van der Waals surface area contributed by atoms with E-state index in [9.17, 15) is 18.8 Å². The molecule has 1 aliphatic heterocycles. The highest BCUT2D eigenvalue weighted by Gasteiger charge is 2.38. The molecular weight excluding hydrogens is 543 g/mol. The molecule has 10 heteroatoms. The molecule has 3 aromatic carbocycles. The second-order valence-electron chi connectivity index (χ2n) is 7.36. The van der Waals surface area contributed by atoms with Gasteiger partial charge in [0, 0.05) is 5.02 Å². The molecule has 3 aromatic rings.